The fourth-order valence-electron chi connectivity index (χ4n) is 2.27. The second kappa shape index (κ2) is 8.87. The maximum Gasteiger partial charge on any atom is 0.387 e. The quantitative estimate of drug-likeness (QED) is 0.864. The first-order chi connectivity index (χ1) is 10.0. The van der Waals surface area contributed by atoms with Crippen molar-refractivity contribution in [1.82, 2.24) is 4.90 Å². The number of halogens is 3. The van der Waals surface area contributed by atoms with Gasteiger partial charge in [0.05, 0.1) is 12.2 Å². The van der Waals surface area contributed by atoms with Crippen LogP contribution in [0.15, 0.2) is 24.3 Å². The van der Waals surface area contributed by atoms with Gasteiger partial charge in [-0.25, -0.2) is 0 Å². The highest BCUT2D eigenvalue weighted by atomic mass is 35.5. The topological polar surface area (TPSA) is 67.6 Å². The van der Waals surface area contributed by atoms with Gasteiger partial charge in [0.25, 0.3) is 0 Å². The molecule has 3 N–H and O–H groups in total. The molecule has 1 aromatic carbocycles. The third kappa shape index (κ3) is 5.75. The molecule has 124 valence electrons. The van der Waals surface area contributed by atoms with Crippen molar-refractivity contribution >= 4 is 24.0 Å². The molecule has 8 heteroatoms. The molecule has 0 unspecified atom stereocenters. The molecule has 0 aliphatic carbocycles. The van der Waals surface area contributed by atoms with Crippen molar-refractivity contribution in [1.29, 1.82) is 0 Å². The Morgan fingerprint density at radius 2 is 2.00 bits per heavy atom. The van der Waals surface area contributed by atoms with Crippen LogP contribution in [0.2, 0.25) is 0 Å². The van der Waals surface area contributed by atoms with E-state index in [9.17, 15) is 13.6 Å². The van der Waals surface area contributed by atoms with Crippen LogP contribution in [0.1, 0.15) is 12.8 Å². The number of carbonyl (C=O) groups excluding carboxylic acids is 1. The minimum atomic E-state index is -2.92. The normalized spacial score (nSPS) is 16.2. The lowest BCUT2D eigenvalue weighted by Gasteiger charge is -2.29. The first-order valence-corrected chi connectivity index (χ1v) is 6.86. The summed E-state index contributed by atoms with van der Waals surface area (Å²) in [5.41, 5.74) is 6.05. The highest BCUT2D eigenvalue weighted by Crippen LogP contribution is 2.25. The number of nitrogens with zero attached hydrogens (tertiary/aromatic N) is 1. The van der Waals surface area contributed by atoms with Gasteiger partial charge in [0, 0.05) is 19.1 Å². The number of rotatable bonds is 5. The molecule has 1 saturated heterocycles. The van der Waals surface area contributed by atoms with Crippen LogP contribution in [0.5, 0.6) is 5.75 Å². The SMILES string of the molecule is Cl.NC1CCN(CC(=O)Nc2ccccc2OC(F)F)CC1. The lowest BCUT2D eigenvalue weighted by Crippen LogP contribution is -2.43. The van der Waals surface area contributed by atoms with E-state index in [-0.39, 0.29) is 42.3 Å². The van der Waals surface area contributed by atoms with Crippen LogP contribution in [0.4, 0.5) is 14.5 Å². The number of alkyl halides is 2. The number of hydrogen-bond acceptors (Lipinski definition) is 4. The molecule has 1 aliphatic rings. The van der Waals surface area contributed by atoms with Crippen molar-refractivity contribution < 1.29 is 18.3 Å². The van der Waals surface area contributed by atoms with Crippen molar-refractivity contribution in [3.8, 4) is 5.75 Å². The summed E-state index contributed by atoms with van der Waals surface area (Å²) < 4.78 is 29.0. The molecule has 2 rings (SSSR count). The summed E-state index contributed by atoms with van der Waals surface area (Å²) in [5.74, 6) is -0.294. The molecule has 0 bridgehead atoms. The van der Waals surface area contributed by atoms with E-state index in [4.69, 9.17) is 5.73 Å². The molecular formula is C14H20ClF2N3O2. The monoisotopic (exact) mass is 335 g/mol. The molecule has 1 aliphatic heterocycles. The molecular weight excluding hydrogens is 316 g/mol. The molecule has 0 spiro atoms. The van der Waals surface area contributed by atoms with Crippen LogP contribution in [-0.2, 0) is 4.79 Å². The molecule has 0 saturated carbocycles. The van der Waals surface area contributed by atoms with Crippen molar-refractivity contribution in [2.75, 3.05) is 25.0 Å². The standard InChI is InChI=1S/C14H19F2N3O2.ClH/c15-14(16)21-12-4-2-1-3-11(12)18-13(20)9-19-7-5-10(17)6-8-19;/h1-4,10,14H,5-9,17H2,(H,18,20);1H. The molecule has 1 amide bonds. The Kier molecular flexibility index (Phi) is 7.50. The second-order valence-corrected chi connectivity index (χ2v) is 5.04. The number of nitrogens with one attached hydrogen (secondary N) is 1. The Morgan fingerprint density at radius 3 is 2.64 bits per heavy atom. The summed E-state index contributed by atoms with van der Waals surface area (Å²) >= 11 is 0. The van der Waals surface area contributed by atoms with Gasteiger partial charge in [-0.3, -0.25) is 9.69 Å². The number of piperidine rings is 1. The third-order valence-corrected chi connectivity index (χ3v) is 3.38. The van der Waals surface area contributed by atoms with Gasteiger partial charge in [-0.05, 0) is 25.0 Å². The number of carbonyl (C=O) groups is 1. The molecule has 1 heterocycles. The van der Waals surface area contributed by atoms with E-state index in [1.165, 1.54) is 12.1 Å². The minimum absolute atomic E-state index is 0. The number of hydrogen-bond donors (Lipinski definition) is 2. The summed E-state index contributed by atoms with van der Waals surface area (Å²) in [6.07, 6.45) is 1.72. The van der Waals surface area contributed by atoms with Crippen molar-refractivity contribution in [3.63, 3.8) is 0 Å². The van der Waals surface area contributed by atoms with Gasteiger partial charge in [-0.15, -0.1) is 12.4 Å². The van der Waals surface area contributed by atoms with Crippen LogP contribution in [0.25, 0.3) is 0 Å². The number of ether oxygens (including phenoxy) is 1. The van der Waals surface area contributed by atoms with E-state index in [1.54, 1.807) is 12.1 Å². The molecule has 0 atom stereocenters. The summed E-state index contributed by atoms with van der Waals surface area (Å²) in [7, 11) is 0. The second-order valence-electron chi connectivity index (χ2n) is 5.04. The zero-order chi connectivity index (χ0) is 15.2. The smallest absolute Gasteiger partial charge is 0.387 e. The zero-order valence-corrected chi connectivity index (χ0v) is 12.8. The van der Waals surface area contributed by atoms with Crippen molar-refractivity contribution in [2.24, 2.45) is 5.73 Å². The average Bonchev–Trinajstić information content (AvgIpc) is 2.43. The van der Waals surface area contributed by atoms with E-state index < -0.39 is 6.61 Å². The van der Waals surface area contributed by atoms with E-state index >= 15 is 0 Å². The Bertz CT molecular complexity index is 483. The molecule has 22 heavy (non-hydrogen) atoms. The van der Waals surface area contributed by atoms with Gasteiger partial charge in [-0.1, -0.05) is 12.1 Å². The van der Waals surface area contributed by atoms with Gasteiger partial charge >= 0.3 is 6.61 Å². The summed E-state index contributed by atoms with van der Waals surface area (Å²) in [4.78, 5) is 14.0. The van der Waals surface area contributed by atoms with Crippen molar-refractivity contribution in [2.45, 2.75) is 25.5 Å². The third-order valence-electron chi connectivity index (χ3n) is 3.38. The molecule has 0 radical (unpaired) electrons. The van der Waals surface area contributed by atoms with Gasteiger partial charge in [0.15, 0.2) is 0 Å². The van der Waals surface area contributed by atoms with E-state index in [0.29, 0.717) is 0 Å². The Labute approximate surface area is 134 Å². The first kappa shape index (κ1) is 18.6. The predicted molar refractivity (Wildman–Crippen MR) is 82.6 cm³/mol. The van der Waals surface area contributed by atoms with Gasteiger partial charge < -0.3 is 15.8 Å². The van der Waals surface area contributed by atoms with Crippen LogP contribution in [-0.4, -0.2) is 43.1 Å². The summed E-state index contributed by atoms with van der Waals surface area (Å²) in [6, 6.07) is 6.33. The predicted octanol–water partition coefficient (Wildman–Crippen LogP) is 2.07. The largest absolute Gasteiger partial charge is 0.433 e. The Hall–Kier alpha value is -1.44. The summed E-state index contributed by atoms with van der Waals surface area (Å²) in [6.45, 7) is -1.17. The van der Waals surface area contributed by atoms with Gasteiger partial charge in [0.2, 0.25) is 5.91 Å². The number of likely N-dealkylation sites (tertiary alicyclic amines) is 1. The molecule has 1 fully saturated rings. The summed E-state index contributed by atoms with van der Waals surface area (Å²) in [5, 5.41) is 2.60. The molecule has 0 aromatic heterocycles. The maximum absolute atomic E-state index is 12.3. The number of anilines is 1. The van der Waals surface area contributed by atoms with E-state index in [1.807, 2.05) is 4.90 Å². The fourth-order valence-corrected chi connectivity index (χ4v) is 2.27. The number of benzene rings is 1. The molecule has 1 aromatic rings. The number of amides is 1. The van der Waals surface area contributed by atoms with Crippen LogP contribution in [0.3, 0.4) is 0 Å². The maximum atomic E-state index is 12.3. The lowest BCUT2D eigenvalue weighted by atomic mass is 10.1. The minimum Gasteiger partial charge on any atom is -0.433 e. The average molecular weight is 336 g/mol. The lowest BCUT2D eigenvalue weighted by molar-refractivity contribution is -0.117. The van der Waals surface area contributed by atoms with Gasteiger partial charge in [0.1, 0.15) is 5.75 Å². The highest BCUT2D eigenvalue weighted by Gasteiger charge is 2.19. The van der Waals surface area contributed by atoms with E-state index in [0.717, 1.165) is 25.9 Å². The van der Waals surface area contributed by atoms with E-state index in [2.05, 4.69) is 10.1 Å². The first-order valence-electron chi connectivity index (χ1n) is 6.86. The number of nitrogens with two attached hydrogens (primary N) is 1. The van der Waals surface area contributed by atoms with Crippen LogP contribution < -0.4 is 15.8 Å². The fraction of sp³-hybridized carbons (Fsp3) is 0.500. The van der Waals surface area contributed by atoms with Crippen molar-refractivity contribution in [3.05, 3.63) is 24.3 Å². The van der Waals surface area contributed by atoms with Gasteiger partial charge in [-0.2, -0.15) is 8.78 Å². The van der Waals surface area contributed by atoms with Crippen LogP contribution >= 0.6 is 12.4 Å². The Morgan fingerprint density at radius 1 is 1.36 bits per heavy atom. The Balaban J connectivity index is 0.00000242. The molecule has 5 nitrogen and oxygen atoms in total. The zero-order valence-electron chi connectivity index (χ0n) is 12.0. The van der Waals surface area contributed by atoms with Crippen LogP contribution in [0, 0.1) is 0 Å². The highest BCUT2D eigenvalue weighted by molar-refractivity contribution is 5.93. The number of para-hydroxylation sites is 2.